The highest BCUT2D eigenvalue weighted by Crippen LogP contribution is 2.18. The van der Waals surface area contributed by atoms with Crippen molar-refractivity contribution in [1.29, 1.82) is 0 Å². The van der Waals surface area contributed by atoms with E-state index in [1.54, 1.807) is 16.7 Å². The van der Waals surface area contributed by atoms with E-state index < -0.39 is 6.04 Å². The first-order valence-corrected chi connectivity index (χ1v) is 12.2. The molecular weight excluding hydrogens is 460 g/mol. The van der Waals surface area contributed by atoms with Crippen molar-refractivity contribution in [2.24, 2.45) is 5.92 Å². The third-order valence-corrected chi connectivity index (χ3v) is 6.21. The maximum Gasteiger partial charge on any atom is 0.242 e. The maximum atomic E-state index is 13.1. The lowest BCUT2D eigenvalue weighted by molar-refractivity contribution is -0.138. The van der Waals surface area contributed by atoms with Gasteiger partial charge in [-0.05, 0) is 43.0 Å². The number of hydrogen-bond acceptors (Lipinski definition) is 3. The molecule has 4 nitrogen and oxygen atoms in total. The Hall–Kier alpha value is -1.79. The number of benzene rings is 2. The summed E-state index contributed by atoms with van der Waals surface area (Å²) >= 11 is 5.01. The topological polar surface area (TPSA) is 49.4 Å². The van der Waals surface area contributed by atoms with Crippen LogP contribution in [0, 0.1) is 12.8 Å². The van der Waals surface area contributed by atoms with Crippen molar-refractivity contribution in [2.75, 3.05) is 12.3 Å². The second kappa shape index (κ2) is 12.2. The summed E-state index contributed by atoms with van der Waals surface area (Å²) in [5, 5.41) is 2.96. The smallest absolute Gasteiger partial charge is 0.242 e. The Morgan fingerprint density at radius 2 is 1.77 bits per heavy atom. The Kier molecular flexibility index (Phi) is 9.92. The Morgan fingerprint density at radius 1 is 1.07 bits per heavy atom. The number of nitrogens with zero attached hydrogens (tertiary/aromatic N) is 1. The van der Waals surface area contributed by atoms with Gasteiger partial charge in [0.2, 0.25) is 11.8 Å². The van der Waals surface area contributed by atoms with Gasteiger partial charge < -0.3 is 10.2 Å². The van der Waals surface area contributed by atoms with Crippen molar-refractivity contribution in [2.45, 2.75) is 46.0 Å². The van der Waals surface area contributed by atoms with Gasteiger partial charge in [0.25, 0.3) is 0 Å². The van der Waals surface area contributed by atoms with Crippen LogP contribution in [-0.2, 0) is 21.9 Å². The number of aryl methyl sites for hydroxylation is 1. The third-order valence-electron chi connectivity index (χ3n) is 4.69. The summed E-state index contributed by atoms with van der Waals surface area (Å²) < 4.78 is 1.04. The zero-order valence-electron chi connectivity index (χ0n) is 18.2. The van der Waals surface area contributed by atoms with Gasteiger partial charge in [-0.1, -0.05) is 71.7 Å². The van der Waals surface area contributed by atoms with Gasteiger partial charge in [-0.2, -0.15) is 0 Å². The first-order valence-electron chi connectivity index (χ1n) is 10.2. The number of hydrogen-bond donors (Lipinski definition) is 1. The lowest BCUT2D eigenvalue weighted by Crippen LogP contribution is -2.48. The maximum absolute atomic E-state index is 13.1. The van der Waals surface area contributed by atoms with Crippen LogP contribution < -0.4 is 5.32 Å². The number of nitrogens with one attached hydrogen (secondary N) is 1. The monoisotopic (exact) mass is 490 g/mol. The van der Waals surface area contributed by atoms with Gasteiger partial charge in [0.1, 0.15) is 6.04 Å². The summed E-state index contributed by atoms with van der Waals surface area (Å²) in [6, 6.07) is 15.7. The fourth-order valence-corrected chi connectivity index (χ4v) is 4.10. The molecule has 0 unspecified atom stereocenters. The van der Waals surface area contributed by atoms with Crippen LogP contribution in [0.4, 0.5) is 0 Å². The summed E-state index contributed by atoms with van der Waals surface area (Å²) in [4.78, 5) is 27.4. The summed E-state index contributed by atoms with van der Waals surface area (Å²) in [5.41, 5.74) is 3.34. The minimum atomic E-state index is -0.523. The highest BCUT2D eigenvalue weighted by atomic mass is 79.9. The van der Waals surface area contributed by atoms with Gasteiger partial charge in [-0.15, -0.1) is 11.8 Å². The quantitative estimate of drug-likeness (QED) is 0.498. The van der Waals surface area contributed by atoms with E-state index in [1.807, 2.05) is 56.3 Å². The van der Waals surface area contributed by atoms with E-state index >= 15 is 0 Å². The Balaban J connectivity index is 2.05. The van der Waals surface area contributed by atoms with Crippen molar-refractivity contribution < 1.29 is 9.59 Å². The molecule has 30 heavy (non-hydrogen) atoms. The fraction of sp³-hybridized carbons (Fsp3) is 0.417. The molecule has 2 aromatic carbocycles. The molecule has 0 aliphatic rings. The molecule has 0 fully saturated rings. The molecule has 162 valence electrons. The number of carbonyl (C=O) groups excluding carboxylic acids is 2. The van der Waals surface area contributed by atoms with E-state index in [1.165, 1.54) is 5.56 Å². The van der Waals surface area contributed by atoms with Gasteiger partial charge >= 0.3 is 0 Å². The van der Waals surface area contributed by atoms with Gasteiger partial charge in [0, 0.05) is 23.3 Å². The molecule has 0 bridgehead atoms. The van der Waals surface area contributed by atoms with Crippen LogP contribution in [0.25, 0.3) is 0 Å². The number of halogens is 1. The number of amides is 2. The van der Waals surface area contributed by atoms with Crippen LogP contribution in [0.3, 0.4) is 0 Å². The van der Waals surface area contributed by atoms with Crippen LogP contribution in [0.5, 0.6) is 0 Å². The normalized spacial score (nSPS) is 11.9. The van der Waals surface area contributed by atoms with Crippen molar-refractivity contribution in [3.63, 3.8) is 0 Å². The van der Waals surface area contributed by atoms with Crippen molar-refractivity contribution in [3.05, 3.63) is 69.7 Å². The molecule has 2 aromatic rings. The van der Waals surface area contributed by atoms with Gasteiger partial charge in [-0.3, -0.25) is 9.59 Å². The van der Waals surface area contributed by atoms with Crippen LogP contribution >= 0.6 is 27.7 Å². The molecule has 0 saturated carbocycles. The third kappa shape index (κ3) is 8.15. The standard InChI is InChI=1S/C24H31BrN2O2S/c1-17(2)13-26-24(29)19(4)27(14-21-7-5-6-18(3)12-21)23(28)16-30-15-20-8-10-22(25)11-9-20/h5-12,17,19H,13-16H2,1-4H3,(H,26,29)/t19-/m1/s1. The minimum absolute atomic E-state index is 0.0224. The molecule has 0 radical (unpaired) electrons. The Bertz CT molecular complexity index is 839. The van der Waals surface area contributed by atoms with Gasteiger partial charge in [0.15, 0.2) is 0 Å². The molecule has 0 heterocycles. The minimum Gasteiger partial charge on any atom is -0.354 e. The highest BCUT2D eigenvalue weighted by Gasteiger charge is 2.26. The molecule has 0 spiro atoms. The lowest BCUT2D eigenvalue weighted by atomic mass is 10.1. The average Bonchev–Trinajstić information content (AvgIpc) is 2.71. The highest BCUT2D eigenvalue weighted by molar-refractivity contribution is 9.10. The summed E-state index contributed by atoms with van der Waals surface area (Å²) in [6.45, 7) is 8.98. The largest absolute Gasteiger partial charge is 0.354 e. The molecule has 0 aliphatic carbocycles. The second-order valence-corrected chi connectivity index (χ2v) is 9.85. The predicted octanol–water partition coefficient (Wildman–Crippen LogP) is 5.18. The van der Waals surface area contributed by atoms with Crippen molar-refractivity contribution >= 4 is 39.5 Å². The van der Waals surface area contributed by atoms with Crippen LogP contribution in [0.15, 0.2) is 53.0 Å². The lowest BCUT2D eigenvalue weighted by Gasteiger charge is -2.29. The van der Waals surface area contributed by atoms with Crippen molar-refractivity contribution in [1.82, 2.24) is 10.2 Å². The first kappa shape index (κ1) is 24.5. The van der Waals surface area contributed by atoms with Crippen LogP contribution in [-0.4, -0.2) is 35.1 Å². The number of carbonyl (C=O) groups is 2. The average molecular weight is 491 g/mol. The molecule has 1 atom stereocenters. The van der Waals surface area contributed by atoms with E-state index in [0.717, 1.165) is 21.4 Å². The second-order valence-electron chi connectivity index (χ2n) is 7.94. The van der Waals surface area contributed by atoms with Crippen LogP contribution in [0.2, 0.25) is 0 Å². The summed E-state index contributed by atoms with van der Waals surface area (Å²) in [6.07, 6.45) is 0. The van der Waals surface area contributed by atoms with Crippen LogP contribution in [0.1, 0.15) is 37.5 Å². The van der Waals surface area contributed by atoms with Gasteiger partial charge in [-0.25, -0.2) is 0 Å². The van der Waals surface area contributed by atoms with E-state index in [-0.39, 0.29) is 11.8 Å². The molecule has 6 heteroatoms. The fourth-order valence-electron chi connectivity index (χ4n) is 2.96. The SMILES string of the molecule is Cc1cccc(CN(C(=O)CSCc2ccc(Br)cc2)[C@H](C)C(=O)NCC(C)C)c1. The predicted molar refractivity (Wildman–Crippen MR) is 129 cm³/mol. The van der Waals surface area contributed by atoms with Crippen molar-refractivity contribution in [3.8, 4) is 0 Å². The van der Waals surface area contributed by atoms with Gasteiger partial charge in [0.05, 0.1) is 5.75 Å². The summed E-state index contributed by atoms with van der Waals surface area (Å²) in [5.74, 6) is 1.33. The number of rotatable bonds is 10. The zero-order valence-corrected chi connectivity index (χ0v) is 20.6. The van der Waals surface area contributed by atoms with E-state index in [2.05, 4.69) is 41.2 Å². The molecule has 2 rings (SSSR count). The van der Waals surface area contributed by atoms with E-state index in [0.29, 0.717) is 24.8 Å². The van der Waals surface area contributed by atoms with E-state index in [4.69, 9.17) is 0 Å². The Labute approximate surface area is 192 Å². The molecule has 2 amide bonds. The molecule has 0 aliphatic heterocycles. The Morgan fingerprint density at radius 3 is 2.40 bits per heavy atom. The van der Waals surface area contributed by atoms with E-state index in [9.17, 15) is 9.59 Å². The molecular formula is C24H31BrN2O2S. The molecule has 0 saturated heterocycles. The first-order chi connectivity index (χ1) is 14.3. The molecule has 1 N–H and O–H groups in total. The summed E-state index contributed by atoms with van der Waals surface area (Å²) in [7, 11) is 0. The number of thioether (sulfide) groups is 1. The zero-order chi connectivity index (χ0) is 22.1. The molecule has 0 aromatic heterocycles.